The summed E-state index contributed by atoms with van der Waals surface area (Å²) in [6, 6.07) is 9.34. The number of fused-ring (bicyclic) bond motifs is 2. The maximum absolute atomic E-state index is 13.0. The molecule has 3 amide bonds. The van der Waals surface area contributed by atoms with E-state index in [0.717, 1.165) is 32.1 Å². The average Bonchev–Trinajstić information content (AvgIpc) is 3.04. The van der Waals surface area contributed by atoms with Gasteiger partial charge in [0.15, 0.2) is 0 Å². The highest BCUT2D eigenvalue weighted by atomic mass is 16.2. The molecular formula is C23H20N4O4. The van der Waals surface area contributed by atoms with E-state index >= 15 is 0 Å². The lowest BCUT2D eigenvalue weighted by Gasteiger charge is -2.29. The van der Waals surface area contributed by atoms with Crippen LogP contribution in [0, 0.1) is 0 Å². The number of nitrogens with zero attached hydrogens (tertiary/aromatic N) is 2. The molecule has 0 unspecified atom stereocenters. The number of rotatable bonds is 3. The van der Waals surface area contributed by atoms with Gasteiger partial charge < -0.3 is 10.3 Å². The van der Waals surface area contributed by atoms with E-state index in [1.165, 1.54) is 17.3 Å². The molecule has 1 aromatic heterocycles. The Morgan fingerprint density at radius 3 is 2.55 bits per heavy atom. The fourth-order valence-corrected chi connectivity index (χ4v) is 4.42. The van der Waals surface area contributed by atoms with Crippen molar-refractivity contribution in [1.82, 2.24) is 14.9 Å². The molecule has 0 saturated heterocycles. The molecule has 2 aliphatic rings. The molecule has 2 heterocycles. The van der Waals surface area contributed by atoms with Crippen molar-refractivity contribution in [2.45, 2.75) is 38.1 Å². The largest absolute Gasteiger partial charge is 0.322 e. The van der Waals surface area contributed by atoms with Crippen LogP contribution in [-0.4, -0.2) is 38.6 Å². The highest BCUT2D eigenvalue weighted by Gasteiger charge is 2.40. The molecule has 0 atom stereocenters. The quantitative estimate of drug-likeness (QED) is 0.637. The number of aromatic amines is 1. The summed E-state index contributed by atoms with van der Waals surface area (Å²) in [4.78, 5) is 58.4. The van der Waals surface area contributed by atoms with E-state index in [1.807, 2.05) is 0 Å². The molecule has 1 saturated carbocycles. The molecule has 0 spiro atoms. The van der Waals surface area contributed by atoms with Crippen molar-refractivity contribution in [3.05, 3.63) is 69.8 Å². The first-order valence-electron chi connectivity index (χ1n) is 10.3. The van der Waals surface area contributed by atoms with Crippen LogP contribution >= 0.6 is 0 Å². The summed E-state index contributed by atoms with van der Waals surface area (Å²) in [6.07, 6.45) is 6.12. The predicted molar refractivity (Wildman–Crippen MR) is 114 cm³/mol. The van der Waals surface area contributed by atoms with Gasteiger partial charge in [0, 0.05) is 17.3 Å². The van der Waals surface area contributed by atoms with Gasteiger partial charge in [0.1, 0.15) is 0 Å². The molecule has 1 aliphatic heterocycles. The first-order chi connectivity index (χ1) is 15.0. The molecule has 8 heteroatoms. The number of H-pyrrole nitrogens is 1. The number of hydrogen-bond donors (Lipinski definition) is 2. The minimum Gasteiger partial charge on any atom is -0.322 e. The zero-order valence-electron chi connectivity index (χ0n) is 16.7. The van der Waals surface area contributed by atoms with Crippen LogP contribution in [0.15, 0.2) is 47.5 Å². The van der Waals surface area contributed by atoms with Gasteiger partial charge in [0.2, 0.25) is 0 Å². The predicted octanol–water partition coefficient (Wildman–Crippen LogP) is 3.10. The normalized spacial score (nSPS) is 16.6. The van der Waals surface area contributed by atoms with E-state index in [1.54, 1.807) is 30.3 Å². The van der Waals surface area contributed by atoms with Crippen LogP contribution in [0.2, 0.25) is 0 Å². The van der Waals surface area contributed by atoms with Gasteiger partial charge in [-0.1, -0.05) is 19.3 Å². The monoisotopic (exact) mass is 416 g/mol. The minimum absolute atomic E-state index is 0.0669. The van der Waals surface area contributed by atoms with Crippen LogP contribution < -0.4 is 10.9 Å². The number of imide groups is 1. The Morgan fingerprint density at radius 2 is 1.74 bits per heavy atom. The van der Waals surface area contributed by atoms with Gasteiger partial charge in [0.05, 0.1) is 28.4 Å². The average molecular weight is 416 g/mol. The third kappa shape index (κ3) is 3.30. The van der Waals surface area contributed by atoms with Gasteiger partial charge in [-0.3, -0.25) is 24.1 Å². The summed E-state index contributed by atoms with van der Waals surface area (Å²) in [5, 5.41) is 3.10. The van der Waals surface area contributed by atoms with Crippen molar-refractivity contribution in [3.63, 3.8) is 0 Å². The van der Waals surface area contributed by atoms with Crippen LogP contribution in [0.5, 0.6) is 0 Å². The van der Waals surface area contributed by atoms with E-state index < -0.39 is 5.91 Å². The molecule has 3 aromatic rings. The SMILES string of the molecule is O=C(Nc1ccc2nc[nH]c(=O)c2c1)c1ccc2c(c1)C(=O)N(C1CCCCC1)C2=O. The maximum Gasteiger partial charge on any atom is 0.261 e. The highest BCUT2D eigenvalue weighted by molar-refractivity contribution is 6.22. The molecule has 0 bridgehead atoms. The number of nitrogens with one attached hydrogen (secondary N) is 2. The van der Waals surface area contributed by atoms with Crippen molar-refractivity contribution < 1.29 is 14.4 Å². The van der Waals surface area contributed by atoms with Crippen molar-refractivity contribution >= 4 is 34.3 Å². The molecule has 1 aliphatic carbocycles. The molecule has 156 valence electrons. The smallest absolute Gasteiger partial charge is 0.261 e. The summed E-state index contributed by atoms with van der Waals surface area (Å²) in [5.74, 6) is -1.04. The molecule has 31 heavy (non-hydrogen) atoms. The van der Waals surface area contributed by atoms with E-state index in [-0.39, 0.29) is 34.5 Å². The van der Waals surface area contributed by atoms with E-state index in [4.69, 9.17) is 0 Å². The minimum atomic E-state index is -0.432. The van der Waals surface area contributed by atoms with Crippen molar-refractivity contribution in [2.24, 2.45) is 0 Å². The van der Waals surface area contributed by atoms with Crippen molar-refractivity contribution in [2.75, 3.05) is 5.32 Å². The third-order valence-corrected chi connectivity index (χ3v) is 6.02. The summed E-state index contributed by atoms with van der Waals surface area (Å²) in [6.45, 7) is 0. The van der Waals surface area contributed by atoms with Gasteiger partial charge in [-0.25, -0.2) is 4.98 Å². The first-order valence-corrected chi connectivity index (χ1v) is 10.3. The summed E-state index contributed by atoms with van der Waals surface area (Å²) in [7, 11) is 0. The fourth-order valence-electron chi connectivity index (χ4n) is 4.42. The second-order valence-corrected chi connectivity index (χ2v) is 7.95. The second-order valence-electron chi connectivity index (χ2n) is 7.95. The van der Waals surface area contributed by atoms with Gasteiger partial charge in [-0.05, 0) is 49.2 Å². The zero-order chi connectivity index (χ0) is 21.5. The Kier molecular flexibility index (Phi) is 4.62. The molecule has 5 rings (SSSR count). The van der Waals surface area contributed by atoms with E-state index in [0.29, 0.717) is 22.2 Å². The molecular weight excluding hydrogens is 396 g/mol. The first kappa shape index (κ1) is 19.2. The molecule has 1 fully saturated rings. The Morgan fingerprint density at radius 1 is 0.968 bits per heavy atom. The number of anilines is 1. The zero-order valence-corrected chi connectivity index (χ0v) is 16.7. The number of carbonyl (C=O) groups is 3. The number of hydrogen-bond acceptors (Lipinski definition) is 5. The summed E-state index contributed by atoms with van der Waals surface area (Å²) >= 11 is 0. The Bertz CT molecular complexity index is 1290. The third-order valence-electron chi connectivity index (χ3n) is 6.02. The van der Waals surface area contributed by atoms with Crippen molar-refractivity contribution in [1.29, 1.82) is 0 Å². The van der Waals surface area contributed by atoms with Crippen LogP contribution in [-0.2, 0) is 0 Å². The van der Waals surface area contributed by atoms with Gasteiger partial charge in [-0.15, -0.1) is 0 Å². The van der Waals surface area contributed by atoms with Crippen LogP contribution in [0.1, 0.15) is 63.2 Å². The highest BCUT2D eigenvalue weighted by Crippen LogP contribution is 2.31. The summed E-state index contributed by atoms with van der Waals surface area (Å²) in [5.41, 5.74) is 1.53. The van der Waals surface area contributed by atoms with Gasteiger partial charge in [0.25, 0.3) is 23.3 Å². The van der Waals surface area contributed by atoms with Crippen LogP contribution in [0.3, 0.4) is 0 Å². The Hall–Kier alpha value is -3.81. The van der Waals surface area contributed by atoms with Crippen LogP contribution in [0.4, 0.5) is 5.69 Å². The Labute approximate surface area is 177 Å². The molecule has 8 nitrogen and oxygen atoms in total. The van der Waals surface area contributed by atoms with Gasteiger partial charge in [-0.2, -0.15) is 0 Å². The van der Waals surface area contributed by atoms with E-state index in [2.05, 4.69) is 15.3 Å². The second kappa shape index (κ2) is 7.46. The van der Waals surface area contributed by atoms with Gasteiger partial charge >= 0.3 is 0 Å². The van der Waals surface area contributed by atoms with Crippen molar-refractivity contribution in [3.8, 4) is 0 Å². The number of carbonyl (C=O) groups excluding carboxylic acids is 3. The Balaban J connectivity index is 1.40. The number of aromatic nitrogens is 2. The summed E-state index contributed by atoms with van der Waals surface area (Å²) < 4.78 is 0. The topological polar surface area (TPSA) is 112 Å². The maximum atomic E-state index is 13.0. The van der Waals surface area contributed by atoms with E-state index in [9.17, 15) is 19.2 Å². The molecule has 0 radical (unpaired) electrons. The standard InChI is InChI=1S/C23H20N4O4/c28-20(26-14-7-9-19-18(11-14)21(29)25-12-24-19)13-6-8-16-17(10-13)23(31)27(22(16)30)15-4-2-1-3-5-15/h6-12,15H,1-5H2,(H,26,28)(H,24,25,29). The number of benzene rings is 2. The molecule has 2 N–H and O–H groups in total. The molecule has 2 aromatic carbocycles. The lowest BCUT2D eigenvalue weighted by molar-refractivity contribution is 0.0549. The van der Waals surface area contributed by atoms with Crippen LogP contribution in [0.25, 0.3) is 10.9 Å². The lowest BCUT2D eigenvalue weighted by Crippen LogP contribution is -2.40. The fraction of sp³-hybridized carbons (Fsp3) is 0.261. The lowest BCUT2D eigenvalue weighted by atomic mass is 9.94. The number of amides is 3.